The molecule has 0 spiro atoms. The predicted molar refractivity (Wildman–Crippen MR) is 247 cm³/mol. The Morgan fingerprint density at radius 1 is 0.431 bits per heavy atom. The third-order valence-electron chi connectivity index (χ3n) is 11.6. The van der Waals surface area contributed by atoms with Gasteiger partial charge in [-0.05, 0) is 83.4 Å². The van der Waals surface area contributed by atoms with Crippen LogP contribution in [-0.2, 0) is 0 Å². The van der Waals surface area contributed by atoms with Crippen molar-refractivity contribution in [2.45, 2.75) is 0 Å². The minimum absolute atomic E-state index is 0.861. The van der Waals surface area contributed by atoms with E-state index in [1.807, 2.05) is 11.3 Å². The van der Waals surface area contributed by atoms with E-state index in [9.17, 15) is 0 Å². The van der Waals surface area contributed by atoms with E-state index in [0.29, 0.717) is 0 Å². The Labute approximate surface area is 338 Å². The molecule has 0 amide bonds. The highest BCUT2D eigenvalue weighted by molar-refractivity contribution is 7.26. The monoisotopic (exact) mass is 758 g/mol. The molecule has 0 saturated carbocycles. The molecule has 272 valence electrons. The molecule has 0 N–H and O–H groups in total. The highest BCUT2D eigenvalue weighted by atomic mass is 32.1. The molecule has 0 atom stereocenters. The van der Waals surface area contributed by atoms with Crippen molar-refractivity contribution >= 4 is 92.3 Å². The van der Waals surface area contributed by atoms with Gasteiger partial charge in [-0.15, -0.1) is 11.3 Å². The fraction of sp³-hybridized carbons (Fsp3) is 0. The third-order valence-corrected chi connectivity index (χ3v) is 12.8. The van der Waals surface area contributed by atoms with Crippen molar-refractivity contribution in [3.63, 3.8) is 0 Å². The van der Waals surface area contributed by atoms with Gasteiger partial charge in [-0.1, -0.05) is 140 Å². The minimum atomic E-state index is 0.861. The van der Waals surface area contributed by atoms with E-state index in [1.54, 1.807) is 0 Å². The van der Waals surface area contributed by atoms with Gasteiger partial charge in [0.2, 0.25) is 0 Å². The molecule has 0 radical (unpaired) electrons. The van der Waals surface area contributed by atoms with Crippen LogP contribution in [0.1, 0.15) is 0 Å². The lowest BCUT2D eigenvalue weighted by molar-refractivity contribution is 0.670. The lowest BCUT2D eigenvalue weighted by atomic mass is 9.98. The van der Waals surface area contributed by atoms with Crippen LogP contribution in [0.4, 0.5) is 17.1 Å². The molecule has 0 saturated heterocycles. The average molecular weight is 759 g/mol. The minimum Gasteiger partial charge on any atom is -0.455 e. The second kappa shape index (κ2) is 13.1. The van der Waals surface area contributed by atoms with E-state index >= 15 is 0 Å². The molecular weight excluding hydrogens is 725 g/mol. The van der Waals surface area contributed by atoms with Crippen molar-refractivity contribution in [2.24, 2.45) is 0 Å². The number of nitrogens with zero attached hydrogens (tertiary/aromatic N) is 2. The van der Waals surface area contributed by atoms with Crippen LogP contribution in [0.5, 0.6) is 0 Å². The molecule has 0 bridgehead atoms. The van der Waals surface area contributed by atoms with Crippen molar-refractivity contribution in [1.82, 2.24) is 4.57 Å². The zero-order valence-corrected chi connectivity index (χ0v) is 32.2. The van der Waals surface area contributed by atoms with E-state index in [2.05, 4.69) is 216 Å². The molecule has 58 heavy (non-hydrogen) atoms. The topological polar surface area (TPSA) is 21.3 Å². The van der Waals surface area contributed by atoms with Gasteiger partial charge in [0.05, 0.1) is 32.5 Å². The average Bonchev–Trinajstić information content (AvgIpc) is 3.97. The summed E-state index contributed by atoms with van der Waals surface area (Å²) in [6.07, 6.45) is 0. The third kappa shape index (κ3) is 5.05. The van der Waals surface area contributed by atoms with Crippen molar-refractivity contribution in [2.75, 3.05) is 4.90 Å². The molecule has 3 aromatic heterocycles. The van der Waals surface area contributed by atoms with Crippen LogP contribution in [0.2, 0.25) is 0 Å². The summed E-state index contributed by atoms with van der Waals surface area (Å²) in [6, 6.07) is 74.3. The number of benzene rings is 9. The van der Waals surface area contributed by atoms with Crippen LogP contribution in [0, 0.1) is 0 Å². The van der Waals surface area contributed by atoms with Gasteiger partial charge >= 0.3 is 0 Å². The summed E-state index contributed by atoms with van der Waals surface area (Å²) in [5.41, 5.74) is 12.9. The molecule has 3 heterocycles. The maximum atomic E-state index is 7.05. The number of thiophene rings is 1. The first-order chi connectivity index (χ1) is 28.8. The number of rotatable bonds is 6. The van der Waals surface area contributed by atoms with Gasteiger partial charge in [0.1, 0.15) is 11.2 Å². The maximum Gasteiger partial charge on any atom is 0.145 e. The van der Waals surface area contributed by atoms with Gasteiger partial charge in [0, 0.05) is 48.6 Å². The highest BCUT2D eigenvalue weighted by Gasteiger charge is 2.25. The molecule has 0 aliphatic carbocycles. The molecule has 0 fully saturated rings. The lowest BCUT2D eigenvalue weighted by Crippen LogP contribution is -2.11. The summed E-state index contributed by atoms with van der Waals surface area (Å²) in [5.74, 6) is 0. The molecule has 3 nitrogen and oxygen atoms in total. The van der Waals surface area contributed by atoms with Gasteiger partial charge in [-0.25, -0.2) is 0 Å². The molecule has 12 aromatic rings. The molecule has 0 aliphatic rings. The van der Waals surface area contributed by atoms with E-state index < -0.39 is 0 Å². The second-order valence-electron chi connectivity index (χ2n) is 14.9. The van der Waals surface area contributed by atoms with Crippen LogP contribution in [0.3, 0.4) is 0 Å². The first kappa shape index (κ1) is 32.8. The molecule has 12 rings (SSSR count). The zero-order chi connectivity index (χ0) is 38.2. The maximum absolute atomic E-state index is 7.05. The first-order valence-corrected chi connectivity index (χ1v) is 20.5. The van der Waals surface area contributed by atoms with Crippen LogP contribution in [-0.4, -0.2) is 4.57 Å². The number of anilines is 3. The van der Waals surface area contributed by atoms with E-state index in [0.717, 1.165) is 66.9 Å². The highest BCUT2D eigenvalue weighted by Crippen LogP contribution is 2.50. The van der Waals surface area contributed by atoms with Gasteiger partial charge in [0.25, 0.3) is 0 Å². The second-order valence-corrected chi connectivity index (χ2v) is 15.9. The fourth-order valence-corrected chi connectivity index (χ4v) is 10.2. The molecule has 0 aliphatic heterocycles. The molecule has 9 aromatic carbocycles. The van der Waals surface area contributed by atoms with Gasteiger partial charge in [-0.2, -0.15) is 0 Å². The molecule has 4 heteroatoms. The molecule has 0 unspecified atom stereocenters. The Morgan fingerprint density at radius 3 is 1.86 bits per heavy atom. The van der Waals surface area contributed by atoms with Gasteiger partial charge < -0.3 is 13.9 Å². The predicted octanol–water partition coefficient (Wildman–Crippen LogP) is 15.9. The van der Waals surface area contributed by atoms with E-state index in [-0.39, 0.29) is 0 Å². The Bertz CT molecular complexity index is 3470. The van der Waals surface area contributed by atoms with Crippen molar-refractivity contribution in [3.8, 4) is 27.9 Å². The summed E-state index contributed by atoms with van der Waals surface area (Å²) in [4.78, 5) is 2.46. The summed E-state index contributed by atoms with van der Waals surface area (Å²) < 4.78 is 12.0. The SMILES string of the molecule is c1ccc(-c2ccc3c(c2)oc2c(-c4ccccc4)ccc(N(c4cccc(-n5c6ccccc6c6ccccc65)c4)c4cccc5c4sc4ccccc45)c23)cc1. The Morgan fingerprint density at radius 2 is 1.09 bits per heavy atom. The largest absolute Gasteiger partial charge is 0.455 e. The number of para-hydroxylation sites is 2. The van der Waals surface area contributed by atoms with Gasteiger partial charge in [-0.3, -0.25) is 0 Å². The van der Waals surface area contributed by atoms with Crippen LogP contribution in [0.15, 0.2) is 211 Å². The zero-order valence-electron chi connectivity index (χ0n) is 31.3. The number of hydrogen-bond donors (Lipinski definition) is 0. The van der Waals surface area contributed by atoms with Crippen LogP contribution in [0.25, 0.3) is 91.9 Å². The fourth-order valence-electron chi connectivity index (χ4n) is 8.99. The Balaban J connectivity index is 1.17. The summed E-state index contributed by atoms with van der Waals surface area (Å²) in [5, 5.41) is 7.17. The van der Waals surface area contributed by atoms with Crippen LogP contribution < -0.4 is 4.90 Å². The first-order valence-electron chi connectivity index (χ1n) is 19.7. The molecular formula is C54H34N2OS. The standard InChI is InChI=1S/C54H34N2OS/c1-3-15-35(16-4-1)37-29-30-45-50(33-37)57-53-40(36-17-5-2-6-18-36)31-32-48(52(45)53)56(49-27-14-24-44-43-23-9-12-28-51(43)58-54(44)49)39-20-13-19-38(34-39)55-46-25-10-7-21-41(46)42-22-8-11-26-47(42)55/h1-34H. The number of aromatic nitrogens is 1. The Kier molecular flexibility index (Phi) is 7.40. The van der Waals surface area contributed by atoms with E-state index in [4.69, 9.17) is 4.42 Å². The number of furan rings is 1. The van der Waals surface area contributed by atoms with E-state index in [1.165, 1.54) is 42.0 Å². The van der Waals surface area contributed by atoms with Crippen molar-refractivity contribution in [1.29, 1.82) is 0 Å². The van der Waals surface area contributed by atoms with Crippen molar-refractivity contribution < 1.29 is 4.42 Å². The number of hydrogen-bond acceptors (Lipinski definition) is 3. The summed E-state index contributed by atoms with van der Waals surface area (Å²) >= 11 is 1.85. The van der Waals surface area contributed by atoms with Gasteiger partial charge in [0.15, 0.2) is 0 Å². The summed E-state index contributed by atoms with van der Waals surface area (Å²) in [7, 11) is 0. The number of fused-ring (bicyclic) bond motifs is 9. The van der Waals surface area contributed by atoms with Crippen molar-refractivity contribution in [3.05, 3.63) is 206 Å². The normalized spacial score (nSPS) is 11.8. The van der Waals surface area contributed by atoms with Crippen LogP contribution >= 0.6 is 11.3 Å². The summed E-state index contributed by atoms with van der Waals surface area (Å²) in [6.45, 7) is 0. The smallest absolute Gasteiger partial charge is 0.145 e. The Hall–Kier alpha value is -7.40. The quantitative estimate of drug-likeness (QED) is 0.168. The lowest BCUT2D eigenvalue weighted by Gasteiger charge is -2.28.